The van der Waals surface area contributed by atoms with E-state index in [4.69, 9.17) is 4.42 Å². The fraction of sp³-hybridized carbons (Fsp3) is 0.250. The van der Waals surface area contributed by atoms with Crippen molar-refractivity contribution in [3.05, 3.63) is 78.3 Å². The number of nitrogens with zero attached hydrogens (tertiary/aromatic N) is 2. The number of rotatable bonds is 3. The number of benzene rings is 2. The molecular weight excluding hydrogens is 348 g/mol. The van der Waals surface area contributed by atoms with Crippen LogP contribution in [0, 0.1) is 0 Å². The van der Waals surface area contributed by atoms with Crippen LogP contribution in [0.15, 0.2) is 71.5 Å². The lowest BCUT2D eigenvalue weighted by Gasteiger charge is -2.32. The van der Waals surface area contributed by atoms with E-state index in [-0.39, 0.29) is 5.91 Å². The second kappa shape index (κ2) is 7.12. The Bertz CT molecular complexity index is 1130. The van der Waals surface area contributed by atoms with Gasteiger partial charge in [-0.25, -0.2) is 0 Å². The average molecular weight is 370 g/mol. The highest BCUT2D eigenvalue weighted by molar-refractivity contribution is 5.90. The molecule has 1 fully saturated rings. The van der Waals surface area contributed by atoms with Gasteiger partial charge in [0.05, 0.1) is 18.4 Å². The van der Waals surface area contributed by atoms with E-state index in [9.17, 15) is 4.79 Å². The largest absolute Gasteiger partial charge is 0.464 e. The highest BCUT2D eigenvalue weighted by atomic mass is 16.3. The maximum Gasteiger partial charge on any atom is 0.227 e. The Morgan fingerprint density at radius 1 is 1.00 bits per heavy atom. The number of likely N-dealkylation sites (tertiary alicyclic amines) is 1. The molecule has 1 amide bonds. The first-order valence-corrected chi connectivity index (χ1v) is 9.86. The first kappa shape index (κ1) is 17.0. The normalized spacial score (nSPS) is 15.4. The second-order valence-electron chi connectivity index (χ2n) is 7.50. The summed E-state index contributed by atoms with van der Waals surface area (Å²) in [7, 11) is 0. The molecule has 0 spiro atoms. The molecule has 0 aliphatic carbocycles. The SMILES string of the molecule is O=C(Cc1cccc2ccccc12)N1CCC(c2nccc3occc23)CC1. The number of furan rings is 1. The molecule has 0 unspecified atom stereocenters. The number of hydrogen-bond acceptors (Lipinski definition) is 3. The van der Waals surface area contributed by atoms with Gasteiger partial charge in [0.15, 0.2) is 0 Å². The lowest BCUT2D eigenvalue weighted by molar-refractivity contribution is -0.131. The molecule has 28 heavy (non-hydrogen) atoms. The van der Waals surface area contributed by atoms with Gasteiger partial charge in [-0.15, -0.1) is 0 Å². The Morgan fingerprint density at radius 3 is 2.71 bits per heavy atom. The summed E-state index contributed by atoms with van der Waals surface area (Å²) < 4.78 is 5.51. The Kier molecular flexibility index (Phi) is 4.32. The van der Waals surface area contributed by atoms with E-state index >= 15 is 0 Å². The van der Waals surface area contributed by atoms with Crippen LogP contribution < -0.4 is 0 Å². The van der Waals surface area contributed by atoms with Crippen LogP contribution in [-0.4, -0.2) is 28.9 Å². The molecule has 0 atom stereocenters. The van der Waals surface area contributed by atoms with Gasteiger partial charge in [0.1, 0.15) is 5.58 Å². The molecule has 4 nitrogen and oxygen atoms in total. The summed E-state index contributed by atoms with van der Waals surface area (Å²) in [5.41, 5.74) is 3.10. The van der Waals surface area contributed by atoms with Crippen molar-refractivity contribution in [2.45, 2.75) is 25.2 Å². The Balaban J connectivity index is 1.29. The number of carbonyl (C=O) groups is 1. The molecule has 1 aliphatic rings. The first-order valence-electron chi connectivity index (χ1n) is 9.86. The second-order valence-corrected chi connectivity index (χ2v) is 7.50. The number of piperidine rings is 1. The first-order chi connectivity index (χ1) is 13.8. The predicted molar refractivity (Wildman–Crippen MR) is 110 cm³/mol. The summed E-state index contributed by atoms with van der Waals surface area (Å²) in [6, 6.07) is 18.4. The molecule has 0 radical (unpaired) electrons. The van der Waals surface area contributed by atoms with Gasteiger partial charge in [-0.05, 0) is 41.3 Å². The molecule has 0 N–H and O–H groups in total. The van der Waals surface area contributed by atoms with E-state index in [1.165, 1.54) is 10.8 Å². The van der Waals surface area contributed by atoms with Crippen molar-refractivity contribution in [2.75, 3.05) is 13.1 Å². The van der Waals surface area contributed by atoms with Crippen LogP contribution in [0.2, 0.25) is 0 Å². The number of aromatic nitrogens is 1. The van der Waals surface area contributed by atoms with Gasteiger partial charge in [0.2, 0.25) is 5.91 Å². The summed E-state index contributed by atoms with van der Waals surface area (Å²) in [4.78, 5) is 19.5. The molecule has 0 bridgehead atoms. The third kappa shape index (κ3) is 3.05. The van der Waals surface area contributed by atoms with Crippen LogP contribution in [0.4, 0.5) is 0 Å². The minimum Gasteiger partial charge on any atom is -0.464 e. The molecule has 2 aromatic carbocycles. The quantitative estimate of drug-likeness (QED) is 0.514. The zero-order valence-corrected chi connectivity index (χ0v) is 15.7. The van der Waals surface area contributed by atoms with Crippen molar-refractivity contribution in [1.82, 2.24) is 9.88 Å². The summed E-state index contributed by atoms with van der Waals surface area (Å²) in [6.07, 6.45) is 5.89. The topological polar surface area (TPSA) is 46.3 Å². The summed E-state index contributed by atoms with van der Waals surface area (Å²) in [5, 5.41) is 3.46. The lowest BCUT2D eigenvalue weighted by atomic mass is 9.91. The Labute approximate surface area is 163 Å². The number of fused-ring (bicyclic) bond motifs is 2. The third-order valence-corrected chi connectivity index (χ3v) is 5.87. The summed E-state index contributed by atoms with van der Waals surface area (Å²) in [5.74, 6) is 0.590. The molecule has 4 heteroatoms. The fourth-order valence-corrected chi connectivity index (χ4v) is 4.37. The molecule has 140 valence electrons. The fourth-order valence-electron chi connectivity index (χ4n) is 4.37. The van der Waals surface area contributed by atoms with Crippen molar-refractivity contribution in [1.29, 1.82) is 0 Å². The Hall–Kier alpha value is -3.14. The highest BCUT2D eigenvalue weighted by Crippen LogP contribution is 2.32. The molecule has 2 aromatic heterocycles. The van der Waals surface area contributed by atoms with Crippen LogP contribution >= 0.6 is 0 Å². The minimum atomic E-state index is 0.212. The molecular formula is C24H22N2O2. The molecule has 1 saturated heterocycles. The van der Waals surface area contributed by atoms with Gasteiger partial charge in [0, 0.05) is 30.6 Å². The third-order valence-electron chi connectivity index (χ3n) is 5.87. The Morgan fingerprint density at radius 2 is 1.82 bits per heavy atom. The number of hydrogen-bond donors (Lipinski definition) is 0. The van der Waals surface area contributed by atoms with Gasteiger partial charge in [-0.2, -0.15) is 0 Å². The monoisotopic (exact) mass is 370 g/mol. The van der Waals surface area contributed by atoms with E-state index in [0.717, 1.165) is 48.2 Å². The van der Waals surface area contributed by atoms with Crippen LogP contribution in [0.25, 0.3) is 21.7 Å². The van der Waals surface area contributed by atoms with Crippen LogP contribution in [0.3, 0.4) is 0 Å². The van der Waals surface area contributed by atoms with E-state index in [2.05, 4.69) is 29.2 Å². The van der Waals surface area contributed by atoms with Crippen LogP contribution in [0.1, 0.15) is 30.0 Å². The summed E-state index contributed by atoms with van der Waals surface area (Å²) >= 11 is 0. The van der Waals surface area contributed by atoms with Gasteiger partial charge >= 0.3 is 0 Å². The molecule has 0 saturated carbocycles. The van der Waals surface area contributed by atoms with Crippen molar-refractivity contribution < 1.29 is 9.21 Å². The molecule has 5 rings (SSSR count). The highest BCUT2D eigenvalue weighted by Gasteiger charge is 2.26. The van der Waals surface area contributed by atoms with E-state index in [1.54, 1.807) is 6.26 Å². The molecule has 1 aliphatic heterocycles. The van der Waals surface area contributed by atoms with E-state index in [1.807, 2.05) is 41.4 Å². The standard InChI is InChI=1S/C24H22N2O2/c27-23(16-19-6-3-5-17-4-1-2-7-20(17)19)26-13-9-18(10-14-26)24-21-11-15-28-22(21)8-12-25-24/h1-8,11-12,15,18H,9-10,13-14,16H2. The van der Waals surface area contributed by atoms with Crippen LogP contribution in [0.5, 0.6) is 0 Å². The van der Waals surface area contributed by atoms with Crippen molar-refractivity contribution in [3.8, 4) is 0 Å². The smallest absolute Gasteiger partial charge is 0.227 e. The van der Waals surface area contributed by atoms with Crippen molar-refractivity contribution in [2.24, 2.45) is 0 Å². The van der Waals surface area contributed by atoms with E-state index in [0.29, 0.717) is 12.3 Å². The minimum absolute atomic E-state index is 0.212. The van der Waals surface area contributed by atoms with E-state index < -0.39 is 0 Å². The number of pyridine rings is 1. The van der Waals surface area contributed by atoms with Crippen LogP contribution in [-0.2, 0) is 11.2 Å². The van der Waals surface area contributed by atoms with Crippen molar-refractivity contribution in [3.63, 3.8) is 0 Å². The summed E-state index contributed by atoms with van der Waals surface area (Å²) in [6.45, 7) is 1.56. The maximum absolute atomic E-state index is 12.9. The lowest BCUT2D eigenvalue weighted by Crippen LogP contribution is -2.39. The molecule has 4 aromatic rings. The van der Waals surface area contributed by atoms with Gasteiger partial charge in [0.25, 0.3) is 0 Å². The maximum atomic E-state index is 12.9. The van der Waals surface area contributed by atoms with Crippen molar-refractivity contribution >= 4 is 27.6 Å². The van der Waals surface area contributed by atoms with Gasteiger partial charge in [-0.1, -0.05) is 42.5 Å². The average Bonchev–Trinajstić information content (AvgIpc) is 3.23. The zero-order valence-electron chi connectivity index (χ0n) is 15.7. The van der Waals surface area contributed by atoms with Gasteiger partial charge in [-0.3, -0.25) is 9.78 Å². The zero-order chi connectivity index (χ0) is 18.9. The number of carbonyl (C=O) groups excluding carboxylic acids is 1. The molecule has 3 heterocycles. The number of amides is 1. The van der Waals surface area contributed by atoms with Gasteiger partial charge < -0.3 is 9.32 Å². The predicted octanol–water partition coefficient (Wildman–Crippen LogP) is 4.93.